The fraction of sp³-hybridized carbons (Fsp3) is 0.105. The van der Waals surface area contributed by atoms with E-state index in [4.69, 9.17) is 33.7 Å². The second-order valence-corrected chi connectivity index (χ2v) is 6.59. The number of nitrogens with zero attached hydrogens (tertiary/aromatic N) is 2. The number of carbonyl (C=O) groups is 1. The maximum atomic E-state index is 12.3. The van der Waals surface area contributed by atoms with Crippen LogP contribution < -0.4 is 26.6 Å². The third-order valence-corrected chi connectivity index (χ3v) is 4.34. The van der Waals surface area contributed by atoms with Gasteiger partial charge in [-0.05, 0) is 37.3 Å². The number of amides is 1. The Labute approximate surface area is 177 Å². The Kier molecular flexibility index (Phi) is 6.58. The van der Waals surface area contributed by atoms with Crippen LogP contribution in [0.4, 0.5) is 23.0 Å². The Balaban J connectivity index is 1.74. The molecule has 0 bridgehead atoms. The summed E-state index contributed by atoms with van der Waals surface area (Å²) in [6.07, 6.45) is 1.31. The van der Waals surface area contributed by atoms with Crippen molar-refractivity contribution < 1.29 is 9.53 Å². The van der Waals surface area contributed by atoms with Crippen molar-refractivity contribution in [3.05, 3.63) is 64.4 Å². The van der Waals surface area contributed by atoms with Gasteiger partial charge in [-0.2, -0.15) is 0 Å². The summed E-state index contributed by atoms with van der Waals surface area (Å²) in [6.45, 7) is 2.41. The molecule has 1 aromatic heterocycles. The van der Waals surface area contributed by atoms with E-state index < -0.39 is 5.91 Å². The minimum absolute atomic E-state index is 0.210. The lowest BCUT2D eigenvalue weighted by Crippen LogP contribution is -2.30. The summed E-state index contributed by atoms with van der Waals surface area (Å²) >= 11 is 11.9. The maximum Gasteiger partial charge on any atom is 0.271 e. The van der Waals surface area contributed by atoms with Gasteiger partial charge < -0.3 is 15.8 Å². The minimum atomic E-state index is -0.471. The van der Waals surface area contributed by atoms with Crippen molar-refractivity contribution in [3.8, 4) is 5.75 Å². The summed E-state index contributed by atoms with van der Waals surface area (Å²) in [5, 5.41) is 3.77. The van der Waals surface area contributed by atoms with Gasteiger partial charge in [0.15, 0.2) is 11.6 Å². The van der Waals surface area contributed by atoms with E-state index in [9.17, 15) is 4.79 Å². The molecule has 3 aromatic rings. The number of aromatic nitrogens is 2. The maximum absolute atomic E-state index is 12.3. The lowest BCUT2D eigenvalue weighted by molar-refractivity contribution is 0.0962. The number of carbonyl (C=O) groups excluding carboxylic acids is 1. The van der Waals surface area contributed by atoms with Crippen molar-refractivity contribution in [2.24, 2.45) is 0 Å². The summed E-state index contributed by atoms with van der Waals surface area (Å²) < 4.78 is 5.59. The molecule has 0 spiro atoms. The SMILES string of the molecule is CCOc1ccccc1Nc1ncnc(NNC(=O)c2ccc(Cl)cc2Cl)c1N. The molecular formula is C19H18Cl2N6O2. The molecule has 150 valence electrons. The summed E-state index contributed by atoms with van der Waals surface area (Å²) in [5.74, 6) is 0.761. The van der Waals surface area contributed by atoms with Crippen LogP contribution in [-0.2, 0) is 0 Å². The fourth-order valence-electron chi connectivity index (χ4n) is 2.43. The van der Waals surface area contributed by atoms with Crippen LogP contribution in [0.15, 0.2) is 48.8 Å². The first-order chi connectivity index (χ1) is 14.0. The number of para-hydroxylation sites is 2. The van der Waals surface area contributed by atoms with Crippen molar-refractivity contribution in [1.82, 2.24) is 15.4 Å². The predicted molar refractivity (Wildman–Crippen MR) is 115 cm³/mol. The van der Waals surface area contributed by atoms with E-state index in [0.29, 0.717) is 28.9 Å². The highest BCUT2D eigenvalue weighted by molar-refractivity contribution is 6.36. The number of rotatable bonds is 7. The first-order valence-electron chi connectivity index (χ1n) is 8.60. The van der Waals surface area contributed by atoms with E-state index in [1.165, 1.54) is 18.5 Å². The van der Waals surface area contributed by atoms with Gasteiger partial charge in [0.25, 0.3) is 5.91 Å². The average Bonchev–Trinajstić information content (AvgIpc) is 2.70. The highest BCUT2D eigenvalue weighted by Gasteiger charge is 2.14. The molecule has 1 amide bonds. The summed E-state index contributed by atoms with van der Waals surface area (Å²) in [6, 6.07) is 12.0. The number of ether oxygens (including phenoxy) is 1. The van der Waals surface area contributed by atoms with Crippen molar-refractivity contribution in [2.75, 3.05) is 23.1 Å². The number of hydrazine groups is 1. The van der Waals surface area contributed by atoms with Gasteiger partial charge in [-0.15, -0.1) is 0 Å². The molecule has 0 saturated carbocycles. The molecule has 0 aliphatic rings. The van der Waals surface area contributed by atoms with Crippen LogP contribution in [0.2, 0.25) is 10.0 Å². The quantitative estimate of drug-likeness (QED) is 0.412. The largest absolute Gasteiger partial charge is 0.492 e. The van der Waals surface area contributed by atoms with Crippen LogP contribution in [0.1, 0.15) is 17.3 Å². The number of anilines is 4. The predicted octanol–water partition coefficient (Wildman–Crippen LogP) is 4.26. The number of nitrogens with two attached hydrogens (primary N) is 1. The van der Waals surface area contributed by atoms with Crippen LogP contribution in [0.25, 0.3) is 0 Å². The summed E-state index contributed by atoms with van der Waals surface area (Å²) in [7, 11) is 0. The second-order valence-electron chi connectivity index (χ2n) is 5.74. The molecule has 3 rings (SSSR count). The zero-order valence-electron chi connectivity index (χ0n) is 15.4. The van der Waals surface area contributed by atoms with Crippen LogP contribution in [0.3, 0.4) is 0 Å². The van der Waals surface area contributed by atoms with E-state index >= 15 is 0 Å². The lowest BCUT2D eigenvalue weighted by Gasteiger charge is -2.15. The van der Waals surface area contributed by atoms with Crippen LogP contribution >= 0.6 is 23.2 Å². The van der Waals surface area contributed by atoms with Gasteiger partial charge in [-0.1, -0.05) is 35.3 Å². The molecule has 0 fully saturated rings. The Morgan fingerprint density at radius 3 is 2.66 bits per heavy atom. The molecule has 8 nitrogen and oxygen atoms in total. The Morgan fingerprint density at radius 2 is 1.90 bits per heavy atom. The number of nitrogen functional groups attached to an aromatic ring is 1. The third-order valence-electron chi connectivity index (χ3n) is 3.79. The molecule has 5 N–H and O–H groups in total. The molecule has 0 unspecified atom stereocenters. The fourth-order valence-corrected chi connectivity index (χ4v) is 2.92. The number of hydrogen-bond acceptors (Lipinski definition) is 7. The normalized spacial score (nSPS) is 10.3. The highest BCUT2D eigenvalue weighted by atomic mass is 35.5. The molecule has 0 atom stereocenters. The van der Waals surface area contributed by atoms with E-state index in [-0.39, 0.29) is 22.1 Å². The van der Waals surface area contributed by atoms with Crippen molar-refractivity contribution in [3.63, 3.8) is 0 Å². The molecule has 1 heterocycles. The van der Waals surface area contributed by atoms with Crippen molar-refractivity contribution in [1.29, 1.82) is 0 Å². The van der Waals surface area contributed by atoms with Gasteiger partial charge in [-0.3, -0.25) is 15.6 Å². The molecule has 0 aliphatic carbocycles. The van der Waals surface area contributed by atoms with E-state index in [2.05, 4.69) is 26.1 Å². The van der Waals surface area contributed by atoms with E-state index in [1.54, 1.807) is 6.07 Å². The topological polar surface area (TPSA) is 114 Å². The second kappa shape index (κ2) is 9.31. The first kappa shape index (κ1) is 20.5. The van der Waals surface area contributed by atoms with Gasteiger partial charge in [0, 0.05) is 5.02 Å². The van der Waals surface area contributed by atoms with Gasteiger partial charge in [-0.25, -0.2) is 9.97 Å². The lowest BCUT2D eigenvalue weighted by atomic mass is 10.2. The van der Waals surface area contributed by atoms with Crippen LogP contribution in [0, 0.1) is 0 Å². The molecular weight excluding hydrogens is 415 g/mol. The number of hydrogen-bond donors (Lipinski definition) is 4. The molecule has 0 radical (unpaired) electrons. The Hall–Kier alpha value is -3.23. The average molecular weight is 433 g/mol. The van der Waals surface area contributed by atoms with E-state index in [0.717, 1.165) is 0 Å². The van der Waals surface area contributed by atoms with Crippen molar-refractivity contribution in [2.45, 2.75) is 6.92 Å². The van der Waals surface area contributed by atoms with Gasteiger partial charge in [0.1, 0.15) is 17.8 Å². The standard InChI is InChI=1S/C19H18Cl2N6O2/c1-2-29-15-6-4-3-5-14(15)25-17-16(22)18(24-10-23-17)26-27-19(28)12-8-7-11(20)9-13(12)21/h3-10H,2,22H2,1H3,(H,27,28)(H2,23,24,25,26). The van der Waals surface area contributed by atoms with Gasteiger partial charge in [0.05, 0.1) is 22.9 Å². The molecule has 2 aromatic carbocycles. The minimum Gasteiger partial charge on any atom is -0.492 e. The number of benzene rings is 2. The zero-order valence-corrected chi connectivity index (χ0v) is 16.9. The molecule has 0 saturated heterocycles. The smallest absolute Gasteiger partial charge is 0.271 e. The van der Waals surface area contributed by atoms with Crippen LogP contribution in [0.5, 0.6) is 5.75 Å². The van der Waals surface area contributed by atoms with Crippen molar-refractivity contribution >= 4 is 52.1 Å². The van der Waals surface area contributed by atoms with Crippen LogP contribution in [-0.4, -0.2) is 22.5 Å². The molecule has 0 aliphatic heterocycles. The monoisotopic (exact) mass is 432 g/mol. The van der Waals surface area contributed by atoms with Gasteiger partial charge >= 0.3 is 0 Å². The molecule has 29 heavy (non-hydrogen) atoms. The Bertz CT molecular complexity index is 1030. The highest BCUT2D eigenvalue weighted by Crippen LogP contribution is 2.30. The Morgan fingerprint density at radius 1 is 1.14 bits per heavy atom. The summed E-state index contributed by atoms with van der Waals surface area (Å²) in [5.41, 5.74) is 12.5. The zero-order chi connectivity index (χ0) is 20.8. The number of nitrogens with one attached hydrogen (secondary N) is 3. The number of halogens is 2. The van der Waals surface area contributed by atoms with E-state index in [1.807, 2.05) is 31.2 Å². The molecule has 10 heteroatoms. The summed E-state index contributed by atoms with van der Waals surface area (Å²) in [4.78, 5) is 20.5. The van der Waals surface area contributed by atoms with Gasteiger partial charge in [0.2, 0.25) is 0 Å². The first-order valence-corrected chi connectivity index (χ1v) is 9.36. The third kappa shape index (κ3) is 4.98.